The van der Waals surface area contributed by atoms with Crippen molar-refractivity contribution in [3.63, 3.8) is 0 Å². The summed E-state index contributed by atoms with van der Waals surface area (Å²) in [6.45, 7) is 4.99. The standard InChI is InChI=1S/C18H17N5O/c1-12-20-16-11-23(10-15(16)17(21-12)22-7-2-8-22)18(24)14-5-3-13(9-19)4-6-14/h3-6H,2,7-8,10-11H2,1H3. The van der Waals surface area contributed by atoms with Crippen LogP contribution in [-0.4, -0.2) is 33.9 Å². The number of carbonyl (C=O) groups excluding carboxylic acids is 1. The van der Waals surface area contributed by atoms with Crippen molar-refractivity contribution in [1.29, 1.82) is 5.26 Å². The lowest BCUT2D eigenvalue weighted by molar-refractivity contribution is 0.0750. The second kappa shape index (κ2) is 5.60. The van der Waals surface area contributed by atoms with Crippen LogP contribution in [0.3, 0.4) is 0 Å². The molecule has 2 aromatic rings. The zero-order chi connectivity index (χ0) is 16.7. The first-order valence-corrected chi connectivity index (χ1v) is 8.06. The van der Waals surface area contributed by atoms with E-state index in [2.05, 4.69) is 20.9 Å². The van der Waals surface area contributed by atoms with E-state index in [-0.39, 0.29) is 5.91 Å². The molecule has 0 atom stereocenters. The predicted octanol–water partition coefficient (Wildman–Crippen LogP) is 2.02. The van der Waals surface area contributed by atoms with Crippen LogP contribution in [-0.2, 0) is 13.1 Å². The van der Waals surface area contributed by atoms with E-state index < -0.39 is 0 Å². The van der Waals surface area contributed by atoms with Crippen molar-refractivity contribution in [3.05, 3.63) is 52.5 Å². The van der Waals surface area contributed by atoms with Crippen molar-refractivity contribution in [2.75, 3.05) is 18.0 Å². The molecule has 4 rings (SSSR count). The van der Waals surface area contributed by atoms with Gasteiger partial charge in [-0.25, -0.2) is 9.97 Å². The van der Waals surface area contributed by atoms with Gasteiger partial charge in [0, 0.05) is 24.2 Å². The van der Waals surface area contributed by atoms with Crippen LogP contribution >= 0.6 is 0 Å². The minimum Gasteiger partial charge on any atom is -0.356 e. The van der Waals surface area contributed by atoms with Gasteiger partial charge in [0.25, 0.3) is 5.91 Å². The number of fused-ring (bicyclic) bond motifs is 1. The molecule has 0 saturated carbocycles. The van der Waals surface area contributed by atoms with Crippen LogP contribution in [0.4, 0.5) is 5.82 Å². The SMILES string of the molecule is Cc1nc2c(c(N3CCC3)n1)CN(C(=O)c1ccc(C#N)cc1)C2. The Morgan fingerprint density at radius 2 is 1.92 bits per heavy atom. The Kier molecular flexibility index (Phi) is 3.42. The maximum atomic E-state index is 12.7. The number of aromatic nitrogens is 2. The number of nitriles is 1. The highest BCUT2D eigenvalue weighted by molar-refractivity contribution is 5.94. The Hall–Kier alpha value is -2.94. The van der Waals surface area contributed by atoms with E-state index in [4.69, 9.17) is 5.26 Å². The second-order valence-electron chi connectivity index (χ2n) is 6.21. The summed E-state index contributed by atoms with van der Waals surface area (Å²) in [5, 5.41) is 8.87. The lowest BCUT2D eigenvalue weighted by atomic mass is 10.1. The Balaban J connectivity index is 1.60. The largest absolute Gasteiger partial charge is 0.356 e. The Morgan fingerprint density at radius 1 is 1.17 bits per heavy atom. The summed E-state index contributed by atoms with van der Waals surface area (Å²) in [6, 6.07) is 8.82. The van der Waals surface area contributed by atoms with Gasteiger partial charge in [0.05, 0.1) is 30.4 Å². The third-order valence-electron chi connectivity index (χ3n) is 4.58. The molecule has 2 aliphatic heterocycles. The molecule has 0 aliphatic carbocycles. The zero-order valence-electron chi connectivity index (χ0n) is 13.5. The van der Waals surface area contributed by atoms with E-state index in [1.165, 1.54) is 6.42 Å². The van der Waals surface area contributed by atoms with Gasteiger partial charge in [-0.3, -0.25) is 4.79 Å². The average Bonchev–Trinajstić information content (AvgIpc) is 2.96. The van der Waals surface area contributed by atoms with Gasteiger partial charge >= 0.3 is 0 Å². The van der Waals surface area contributed by atoms with Crippen LogP contribution in [0.15, 0.2) is 24.3 Å². The van der Waals surface area contributed by atoms with Crippen LogP contribution in [0.1, 0.15) is 39.4 Å². The molecule has 0 spiro atoms. The molecule has 6 heteroatoms. The molecule has 1 saturated heterocycles. The highest BCUT2D eigenvalue weighted by Gasteiger charge is 2.31. The lowest BCUT2D eigenvalue weighted by Crippen LogP contribution is -2.38. The fourth-order valence-electron chi connectivity index (χ4n) is 3.16. The average molecular weight is 319 g/mol. The van der Waals surface area contributed by atoms with Crippen molar-refractivity contribution in [1.82, 2.24) is 14.9 Å². The monoisotopic (exact) mass is 319 g/mol. The normalized spacial score (nSPS) is 15.7. The van der Waals surface area contributed by atoms with Gasteiger partial charge in [-0.05, 0) is 37.6 Å². The van der Waals surface area contributed by atoms with Gasteiger partial charge in [-0.15, -0.1) is 0 Å². The molecule has 0 radical (unpaired) electrons. The Bertz CT molecular complexity index is 849. The van der Waals surface area contributed by atoms with Crippen LogP contribution in [0.5, 0.6) is 0 Å². The van der Waals surface area contributed by atoms with Gasteiger partial charge in [0.1, 0.15) is 11.6 Å². The van der Waals surface area contributed by atoms with Crippen molar-refractivity contribution >= 4 is 11.7 Å². The van der Waals surface area contributed by atoms with Crippen molar-refractivity contribution in [2.24, 2.45) is 0 Å². The van der Waals surface area contributed by atoms with Crippen LogP contribution in [0, 0.1) is 18.3 Å². The van der Waals surface area contributed by atoms with Gasteiger partial charge in [-0.1, -0.05) is 0 Å². The first-order chi connectivity index (χ1) is 11.7. The topological polar surface area (TPSA) is 73.1 Å². The van der Waals surface area contributed by atoms with E-state index in [9.17, 15) is 4.79 Å². The Labute approximate surface area is 140 Å². The number of benzene rings is 1. The van der Waals surface area contributed by atoms with Crippen molar-refractivity contribution in [2.45, 2.75) is 26.4 Å². The molecule has 1 fully saturated rings. The number of anilines is 1. The fourth-order valence-corrected chi connectivity index (χ4v) is 3.16. The molecule has 1 amide bonds. The summed E-state index contributed by atoms with van der Waals surface area (Å²) in [5.74, 6) is 1.70. The quantitative estimate of drug-likeness (QED) is 0.847. The molecule has 6 nitrogen and oxygen atoms in total. The number of rotatable bonds is 2. The highest BCUT2D eigenvalue weighted by atomic mass is 16.2. The number of hydrogen-bond acceptors (Lipinski definition) is 5. The van der Waals surface area contributed by atoms with Crippen LogP contribution in [0.25, 0.3) is 0 Å². The predicted molar refractivity (Wildman–Crippen MR) is 88.3 cm³/mol. The second-order valence-corrected chi connectivity index (χ2v) is 6.21. The van der Waals surface area contributed by atoms with Crippen molar-refractivity contribution < 1.29 is 4.79 Å². The first-order valence-electron chi connectivity index (χ1n) is 8.06. The van der Waals surface area contributed by atoms with E-state index in [1.54, 1.807) is 29.2 Å². The highest BCUT2D eigenvalue weighted by Crippen LogP contribution is 2.32. The number of aryl methyl sites for hydroxylation is 1. The molecule has 1 aromatic heterocycles. The third kappa shape index (κ3) is 2.38. The number of hydrogen-bond donors (Lipinski definition) is 0. The minimum absolute atomic E-state index is 0.0373. The number of nitrogens with zero attached hydrogens (tertiary/aromatic N) is 5. The summed E-state index contributed by atoms with van der Waals surface area (Å²) in [7, 11) is 0. The molecule has 120 valence electrons. The minimum atomic E-state index is -0.0373. The van der Waals surface area contributed by atoms with Gasteiger partial charge in [0.2, 0.25) is 0 Å². The number of amides is 1. The van der Waals surface area contributed by atoms with E-state index in [0.29, 0.717) is 24.2 Å². The summed E-state index contributed by atoms with van der Waals surface area (Å²) in [4.78, 5) is 25.9. The lowest BCUT2D eigenvalue weighted by Gasteiger charge is -2.33. The summed E-state index contributed by atoms with van der Waals surface area (Å²) >= 11 is 0. The summed E-state index contributed by atoms with van der Waals surface area (Å²) < 4.78 is 0. The summed E-state index contributed by atoms with van der Waals surface area (Å²) in [6.07, 6.45) is 1.19. The first kappa shape index (κ1) is 14.6. The van der Waals surface area contributed by atoms with Gasteiger partial charge in [-0.2, -0.15) is 5.26 Å². The molecule has 0 N–H and O–H groups in total. The van der Waals surface area contributed by atoms with Gasteiger partial charge < -0.3 is 9.80 Å². The van der Waals surface area contributed by atoms with E-state index in [1.807, 2.05) is 6.92 Å². The Morgan fingerprint density at radius 3 is 2.54 bits per heavy atom. The van der Waals surface area contributed by atoms with Gasteiger partial charge in [0.15, 0.2) is 0 Å². The third-order valence-corrected chi connectivity index (χ3v) is 4.58. The molecule has 0 bridgehead atoms. The molecule has 3 heterocycles. The maximum absolute atomic E-state index is 12.7. The van der Waals surface area contributed by atoms with E-state index >= 15 is 0 Å². The molecule has 2 aliphatic rings. The molecule has 0 unspecified atom stereocenters. The summed E-state index contributed by atoms with van der Waals surface area (Å²) in [5.41, 5.74) is 3.17. The molecular formula is C18H17N5O. The maximum Gasteiger partial charge on any atom is 0.254 e. The smallest absolute Gasteiger partial charge is 0.254 e. The molecule has 1 aromatic carbocycles. The van der Waals surface area contributed by atoms with E-state index in [0.717, 1.165) is 36.0 Å². The fraction of sp³-hybridized carbons (Fsp3) is 0.333. The zero-order valence-corrected chi connectivity index (χ0v) is 13.5. The van der Waals surface area contributed by atoms with Crippen molar-refractivity contribution in [3.8, 4) is 6.07 Å². The number of carbonyl (C=O) groups is 1. The van der Waals surface area contributed by atoms with Crippen LogP contribution in [0.2, 0.25) is 0 Å². The molecule has 24 heavy (non-hydrogen) atoms. The van der Waals surface area contributed by atoms with Crippen LogP contribution < -0.4 is 4.90 Å². The molecular weight excluding hydrogens is 302 g/mol.